The lowest BCUT2D eigenvalue weighted by molar-refractivity contribution is -0.150. The van der Waals surface area contributed by atoms with Crippen molar-refractivity contribution in [2.24, 2.45) is 11.8 Å². The first kappa shape index (κ1) is 42.2. The molecule has 284 valence electrons. The van der Waals surface area contributed by atoms with Gasteiger partial charge in [0.15, 0.2) is 0 Å². The largest absolute Gasteiger partial charge is 0.463 e. The molecule has 0 aliphatic rings. The third kappa shape index (κ3) is 17.2. The molecule has 53 heavy (non-hydrogen) atoms. The number of nitrogens with one attached hydrogen (secondary N) is 3. The number of ether oxygens (including phenoxy) is 2. The number of hydrogen-bond acceptors (Lipinski definition) is 7. The van der Waals surface area contributed by atoms with Crippen molar-refractivity contribution in [3.05, 3.63) is 133 Å². The maximum absolute atomic E-state index is 13.6. The first-order valence-corrected chi connectivity index (χ1v) is 18.4. The number of alkyl carbamates (subject to hydrolysis) is 1. The molecule has 3 amide bonds. The number of amides is 3. The third-order valence-electron chi connectivity index (χ3n) is 8.78. The van der Waals surface area contributed by atoms with Crippen molar-refractivity contribution in [2.45, 2.75) is 76.5 Å². The molecule has 0 bridgehead atoms. The second-order valence-electron chi connectivity index (χ2n) is 13.1. The van der Waals surface area contributed by atoms with Crippen LogP contribution >= 0.6 is 0 Å². The minimum Gasteiger partial charge on any atom is -0.463 e. The summed E-state index contributed by atoms with van der Waals surface area (Å²) in [6.07, 6.45) is 6.87. The molecule has 0 aliphatic carbocycles. The van der Waals surface area contributed by atoms with Crippen LogP contribution < -0.4 is 16.0 Å². The lowest BCUT2D eigenvalue weighted by atomic mass is 9.95. The van der Waals surface area contributed by atoms with Gasteiger partial charge in [0, 0.05) is 13.0 Å². The number of esters is 1. The number of aliphatic hydroxyl groups excluding tert-OH is 1. The van der Waals surface area contributed by atoms with E-state index < -0.39 is 24.1 Å². The van der Waals surface area contributed by atoms with Gasteiger partial charge in [0.2, 0.25) is 11.8 Å². The highest BCUT2D eigenvalue weighted by molar-refractivity contribution is 5.86. The molecule has 10 heteroatoms. The molecular weight excluding hydrogens is 670 g/mol. The van der Waals surface area contributed by atoms with Crippen molar-refractivity contribution in [3.63, 3.8) is 0 Å². The molecule has 4 atom stereocenters. The molecule has 0 saturated carbocycles. The number of unbranched alkanes of at least 4 members (excludes halogenated alkanes) is 1. The summed E-state index contributed by atoms with van der Waals surface area (Å²) in [7, 11) is 0. The fourth-order valence-corrected chi connectivity index (χ4v) is 5.87. The van der Waals surface area contributed by atoms with Crippen LogP contribution in [-0.4, -0.2) is 60.8 Å². The Morgan fingerprint density at radius 3 is 1.92 bits per heavy atom. The van der Waals surface area contributed by atoms with Crippen molar-refractivity contribution in [1.29, 1.82) is 0 Å². The van der Waals surface area contributed by atoms with Gasteiger partial charge in [-0.3, -0.25) is 14.4 Å². The van der Waals surface area contributed by atoms with E-state index in [0.717, 1.165) is 16.7 Å². The second-order valence-corrected chi connectivity index (χ2v) is 13.1. The van der Waals surface area contributed by atoms with Crippen LogP contribution in [0.5, 0.6) is 0 Å². The Balaban J connectivity index is 1.60. The fourth-order valence-electron chi connectivity index (χ4n) is 5.87. The summed E-state index contributed by atoms with van der Waals surface area (Å²) in [5.74, 6) is -2.18. The highest BCUT2D eigenvalue weighted by Gasteiger charge is 2.26. The Hall–Kier alpha value is -5.22. The number of carbonyl (C=O) groups is 4. The molecule has 0 unspecified atom stereocenters. The zero-order chi connectivity index (χ0) is 38.1. The zero-order valence-electron chi connectivity index (χ0n) is 30.6. The summed E-state index contributed by atoms with van der Waals surface area (Å²) in [5, 5.41) is 18.5. The lowest BCUT2D eigenvalue weighted by Gasteiger charge is -2.24. The first-order valence-electron chi connectivity index (χ1n) is 18.4. The number of rotatable bonds is 25. The second kappa shape index (κ2) is 24.9. The summed E-state index contributed by atoms with van der Waals surface area (Å²) in [6.45, 7) is 7.82. The molecule has 0 aromatic heterocycles. The van der Waals surface area contributed by atoms with E-state index in [0.29, 0.717) is 51.5 Å². The Morgan fingerprint density at radius 1 is 0.698 bits per heavy atom. The number of carbonyl (C=O) groups excluding carboxylic acids is 4. The predicted molar refractivity (Wildman–Crippen MR) is 207 cm³/mol. The maximum atomic E-state index is 13.6. The van der Waals surface area contributed by atoms with Crippen LogP contribution in [0.25, 0.3) is 0 Å². The van der Waals surface area contributed by atoms with Crippen LogP contribution in [0.2, 0.25) is 0 Å². The molecule has 0 fully saturated rings. The normalized spacial score (nSPS) is 13.0. The highest BCUT2D eigenvalue weighted by Crippen LogP contribution is 2.18. The van der Waals surface area contributed by atoms with Gasteiger partial charge >= 0.3 is 12.1 Å². The number of aliphatic hydroxyl groups is 1. The van der Waals surface area contributed by atoms with Crippen molar-refractivity contribution in [2.75, 3.05) is 19.8 Å². The van der Waals surface area contributed by atoms with Crippen LogP contribution in [0.1, 0.15) is 61.6 Å². The van der Waals surface area contributed by atoms with E-state index in [9.17, 15) is 24.3 Å². The number of benzene rings is 3. The van der Waals surface area contributed by atoms with Crippen LogP contribution in [0.15, 0.2) is 116 Å². The number of hydrogen-bond donors (Lipinski definition) is 4. The van der Waals surface area contributed by atoms with Crippen LogP contribution in [0.3, 0.4) is 0 Å². The first-order chi connectivity index (χ1) is 25.8. The van der Waals surface area contributed by atoms with Gasteiger partial charge in [-0.15, -0.1) is 13.2 Å². The van der Waals surface area contributed by atoms with E-state index in [1.807, 2.05) is 91.0 Å². The number of allylic oxidation sites excluding steroid dienone is 2. The van der Waals surface area contributed by atoms with Gasteiger partial charge in [0.05, 0.1) is 30.5 Å². The summed E-state index contributed by atoms with van der Waals surface area (Å²) < 4.78 is 11.1. The van der Waals surface area contributed by atoms with Crippen molar-refractivity contribution >= 4 is 23.9 Å². The summed E-state index contributed by atoms with van der Waals surface area (Å²) in [5.41, 5.74) is 2.88. The molecule has 10 nitrogen and oxygen atoms in total. The predicted octanol–water partition coefficient (Wildman–Crippen LogP) is 6.24. The van der Waals surface area contributed by atoms with Gasteiger partial charge < -0.3 is 30.5 Å². The molecule has 3 rings (SSSR count). The van der Waals surface area contributed by atoms with Crippen molar-refractivity contribution in [1.82, 2.24) is 16.0 Å². The topological polar surface area (TPSA) is 143 Å². The van der Waals surface area contributed by atoms with E-state index in [-0.39, 0.29) is 56.4 Å². The molecule has 3 aromatic rings. The molecule has 4 N–H and O–H groups in total. The summed E-state index contributed by atoms with van der Waals surface area (Å²) in [6, 6.07) is 27.6. The SMILES string of the molecule is C=CCC[C@H](Cc1ccccc1)C(=O)OC[C@H](CCCCNC(=O)OCc1ccccc1)NC(=O)[C@@H](CC=C)CC(=O)N[C@@H](CO)Cc1ccccc1. The van der Waals surface area contributed by atoms with Gasteiger partial charge in [-0.2, -0.15) is 0 Å². The Morgan fingerprint density at radius 2 is 1.32 bits per heavy atom. The fraction of sp³-hybridized carbons (Fsp3) is 0.395. The minimum atomic E-state index is -0.721. The molecule has 0 spiro atoms. The van der Waals surface area contributed by atoms with E-state index in [1.165, 1.54) is 0 Å². The van der Waals surface area contributed by atoms with Crippen LogP contribution in [-0.2, 0) is 43.3 Å². The van der Waals surface area contributed by atoms with E-state index in [1.54, 1.807) is 12.2 Å². The summed E-state index contributed by atoms with van der Waals surface area (Å²) >= 11 is 0. The van der Waals surface area contributed by atoms with E-state index in [4.69, 9.17) is 9.47 Å². The Bertz CT molecular complexity index is 1540. The molecular formula is C43H55N3O7. The van der Waals surface area contributed by atoms with Crippen molar-refractivity contribution < 1.29 is 33.8 Å². The van der Waals surface area contributed by atoms with Gasteiger partial charge in [-0.25, -0.2) is 4.79 Å². The average Bonchev–Trinajstić information content (AvgIpc) is 3.18. The third-order valence-corrected chi connectivity index (χ3v) is 8.78. The minimum absolute atomic E-state index is 0.0484. The smallest absolute Gasteiger partial charge is 0.407 e. The van der Waals surface area contributed by atoms with Gasteiger partial charge in [0.25, 0.3) is 0 Å². The highest BCUT2D eigenvalue weighted by atomic mass is 16.5. The Labute approximate surface area is 314 Å². The average molecular weight is 726 g/mol. The Kier molecular flexibility index (Phi) is 19.8. The van der Waals surface area contributed by atoms with Crippen LogP contribution in [0.4, 0.5) is 4.79 Å². The van der Waals surface area contributed by atoms with E-state index in [2.05, 4.69) is 29.1 Å². The monoisotopic (exact) mass is 725 g/mol. The molecule has 0 radical (unpaired) electrons. The van der Waals surface area contributed by atoms with Crippen LogP contribution in [0, 0.1) is 11.8 Å². The van der Waals surface area contributed by atoms with Crippen molar-refractivity contribution in [3.8, 4) is 0 Å². The lowest BCUT2D eigenvalue weighted by Crippen LogP contribution is -2.45. The summed E-state index contributed by atoms with van der Waals surface area (Å²) in [4.78, 5) is 52.3. The molecule has 0 saturated heterocycles. The molecule has 0 heterocycles. The molecule has 0 aliphatic heterocycles. The van der Waals surface area contributed by atoms with Gasteiger partial charge in [-0.05, 0) is 68.1 Å². The quantitative estimate of drug-likeness (QED) is 0.0460. The molecule has 3 aromatic carbocycles. The zero-order valence-corrected chi connectivity index (χ0v) is 30.6. The van der Waals surface area contributed by atoms with E-state index >= 15 is 0 Å². The standard InChI is InChI=1S/C43H55N3O7/c1-3-5-24-37(27-33-18-9-6-10-19-33)42(50)52-32-38(25-15-16-26-44-43(51)53-31-35-22-13-8-14-23-35)46-41(49)36(17-4-2)29-40(48)45-39(30-47)28-34-20-11-7-12-21-34/h3-4,6-14,18-23,36-39,47H,1-2,5,15-17,24-32H2,(H,44,51)(H,45,48)(H,46,49)/t36-,37+,38-,39+/m0/s1. The van der Waals surface area contributed by atoms with Gasteiger partial charge in [0.1, 0.15) is 13.2 Å². The maximum Gasteiger partial charge on any atom is 0.407 e. The van der Waals surface area contributed by atoms with Gasteiger partial charge in [-0.1, -0.05) is 103 Å².